The average molecular weight is 240 g/mol. The van der Waals surface area contributed by atoms with Gasteiger partial charge < -0.3 is 5.11 Å². The molecular formula is C17H20O. The van der Waals surface area contributed by atoms with Crippen molar-refractivity contribution in [1.82, 2.24) is 0 Å². The molecule has 0 aromatic heterocycles. The van der Waals surface area contributed by atoms with Crippen LogP contribution in [-0.2, 0) is 0 Å². The third kappa shape index (κ3) is 2.40. The fourth-order valence-corrected chi connectivity index (χ4v) is 2.30. The fourth-order valence-electron chi connectivity index (χ4n) is 2.30. The smallest absolute Gasteiger partial charge is 0.119 e. The van der Waals surface area contributed by atoms with Crippen LogP contribution in [0.25, 0.3) is 11.1 Å². The second-order valence-electron chi connectivity index (χ2n) is 5.25. The van der Waals surface area contributed by atoms with Gasteiger partial charge in [0.25, 0.3) is 0 Å². The number of hydrogen-bond donors (Lipinski definition) is 1. The molecule has 18 heavy (non-hydrogen) atoms. The van der Waals surface area contributed by atoms with Gasteiger partial charge in [-0.05, 0) is 54.2 Å². The first-order valence-electron chi connectivity index (χ1n) is 6.39. The lowest BCUT2D eigenvalue weighted by atomic mass is 9.92. The zero-order chi connectivity index (χ0) is 13.3. The van der Waals surface area contributed by atoms with Crippen LogP contribution in [0.3, 0.4) is 0 Å². The highest BCUT2D eigenvalue weighted by atomic mass is 16.3. The van der Waals surface area contributed by atoms with Crippen molar-refractivity contribution in [3.8, 4) is 16.9 Å². The Morgan fingerprint density at radius 3 is 2.33 bits per heavy atom. The van der Waals surface area contributed by atoms with Gasteiger partial charge in [0.05, 0.1) is 0 Å². The lowest BCUT2D eigenvalue weighted by molar-refractivity contribution is 0.464. The second-order valence-corrected chi connectivity index (χ2v) is 5.25. The maximum Gasteiger partial charge on any atom is 0.119 e. The molecule has 0 unspecified atom stereocenters. The van der Waals surface area contributed by atoms with Crippen molar-refractivity contribution in [3.05, 3.63) is 53.1 Å². The SMILES string of the molecule is Cc1cccc(-c2cc(C(C)C)c(O)cc2C)c1. The number of phenolic OH excluding ortho intramolecular Hbond substituents is 1. The van der Waals surface area contributed by atoms with Crippen molar-refractivity contribution in [1.29, 1.82) is 0 Å². The van der Waals surface area contributed by atoms with Gasteiger partial charge in [0, 0.05) is 0 Å². The standard InChI is InChI=1S/C17H20O/c1-11(2)15-10-16(13(4)9-17(15)18)14-7-5-6-12(3)8-14/h5-11,18H,1-4H3. The molecule has 0 atom stereocenters. The molecule has 94 valence electrons. The summed E-state index contributed by atoms with van der Waals surface area (Å²) in [6.45, 7) is 8.35. The Morgan fingerprint density at radius 1 is 1.00 bits per heavy atom. The van der Waals surface area contributed by atoms with Crippen LogP contribution < -0.4 is 0 Å². The van der Waals surface area contributed by atoms with E-state index in [0.29, 0.717) is 11.7 Å². The summed E-state index contributed by atoms with van der Waals surface area (Å²) in [5.74, 6) is 0.730. The van der Waals surface area contributed by atoms with E-state index in [9.17, 15) is 5.11 Å². The van der Waals surface area contributed by atoms with Crippen LogP contribution in [0.2, 0.25) is 0 Å². The number of phenols is 1. The largest absolute Gasteiger partial charge is 0.508 e. The quantitative estimate of drug-likeness (QED) is 0.799. The number of hydrogen-bond acceptors (Lipinski definition) is 1. The normalized spacial score (nSPS) is 10.9. The maximum absolute atomic E-state index is 9.99. The predicted molar refractivity (Wildman–Crippen MR) is 77.1 cm³/mol. The number of benzene rings is 2. The summed E-state index contributed by atoms with van der Waals surface area (Å²) in [6.07, 6.45) is 0. The van der Waals surface area contributed by atoms with Gasteiger partial charge in [-0.1, -0.05) is 43.7 Å². The van der Waals surface area contributed by atoms with E-state index in [1.807, 2.05) is 13.0 Å². The van der Waals surface area contributed by atoms with Gasteiger partial charge in [0.1, 0.15) is 5.75 Å². The molecule has 0 bridgehead atoms. The Morgan fingerprint density at radius 2 is 1.72 bits per heavy atom. The molecular weight excluding hydrogens is 220 g/mol. The van der Waals surface area contributed by atoms with Crippen LogP contribution in [0, 0.1) is 13.8 Å². The third-order valence-corrected chi connectivity index (χ3v) is 3.32. The van der Waals surface area contributed by atoms with E-state index in [0.717, 1.165) is 11.1 Å². The maximum atomic E-state index is 9.99. The average Bonchev–Trinajstić information content (AvgIpc) is 2.28. The molecule has 0 aliphatic carbocycles. The van der Waals surface area contributed by atoms with E-state index in [4.69, 9.17) is 0 Å². The van der Waals surface area contributed by atoms with Crippen LogP contribution in [0.1, 0.15) is 36.5 Å². The van der Waals surface area contributed by atoms with Crippen LogP contribution in [0.4, 0.5) is 0 Å². The van der Waals surface area contributed by atoms with E-state index in [1.54, 1.807) is 0 Å². The highest BCUT2D eigenvalue weighted by molar-refractivity contribution is 5.70. The molecule has 0 heterocycles. The Labute approximate surface area is 109 Å². The van der Waals surface area contributed by atoms with Crippen molar-refractivity contribution in [3.63, 3.8) is 0 Å². The first-order chi connectivity index (χ1) is 8.49. The Balaban J connectivity index is 2.60. The van der Waals surface area contributed by atoms with Crippen molar-refractivity contribution < 1.29 is 5.11 Å². The van der Waals surface area contributed by atoms with Gasteiger partial charge in [0.15, 0.2) is 0 Å². The van der Waals surface area contributed by atoms with Gasteiger partial charge in [-0.25, -0.2) is 0 Å². The first kappa shape index (κ1) is 12.7. The third-order valence-electron chi connectivity index (χ3n) is 3.32. The van der Waals surface area contributed by atoms with Crippen molar-refractivity contribution in [2.45, 2.75) is 33.6 Å². The first-order valence-corrected chi connectivity index (χ1v) is 6.39. The van der Waals surface area contributed by atoms with Crippen LogP contribution >= 0.6 is 0 Å². The molecule has 0 fully saturated rings. The minimum atomic E-state index is 0.328. The van der Waals surface area contributed by atoms with E-state index in [2.05, 4.69) is 51.1 Å². The summed E-state index contributed by atoms with van der Waals surface area (Å²) in [5.41, 5.74) is 5.81. The number of aromatic hydroxyl groups is 1. The zero-order valence-corrected chi connectivity index (χ0v) is 11.5. The van der Waals surface area contributed by atoms with Gasteiger partial charge in [-0.2, -0.15) is 0 Å². The molecule has 0 spiro atoms. The minimum Gasteiger partial charge on any atom is -0.508 e. The van der Waals surface area contributed by atoms with Gasteiger partial charge in [0.2, 0.25) is 0 Å². The van der Waals surface area contributed by atoms with E-state index in [-0.39, 0.29) is 0 Å². The molecule has 0 saturated carbocycles. The molecule has 2 rings (SSSR count). The summed E-state index contributed by atoms with van der Waals surface area (Å²) in [7, 11) is 0. The molecule has 0 saturated heterocycles. The van der Waals surface area contributed by atoms with Gasteiger partial charge in [-0.15, -0.1) is 0 Å². The highest BCUT2D eigenvalue weighted by Gasteiger charge is 2.11. The second kappa shape index (κ2) is 4.85. The van der Waals surface area contributed by atoms with Crippen molar-refractivity contribution in [2.24, 2.45) is 0 Å². The van der Waals surface area contributed by atoms with Crippen molar-refractivity contribution >= 4 is 0 Å². The van der Waals surface area contributed by atoms with Gasteiger partial charge in [-0.3, -0.25) is 0 Å². The predicted octanol–water partition coefficient (Wildman–Crippen LogP) is 4.80. The summed E-state index contributed by atoms with van der Waals surface area (Å²) in [5, 5.41) is 9.99. The highest BCUT2D eigenvalue weighted by Crippen LogP contribution is 2.33. The molecule has 1 N–H and O–H groups in total. The lowest BCUT2D eigenvalue weighted by Gasteiger charge is -2.14. The number of rotatable bonds is 2. The summed E-state index contributed by atoms with van der Waals surface area (Å²) in [6, 6.07) is 12.5. The molecule has 1 heteroatoms. The lowest BCUT2D eigenvalue weighted by Crippen LogP contribution is -1.92. The van der Waals surface area contributed by atoms with E-state index < -0.39 is 0 Å². The van der Waals surface area contributed by atoms with Crippen LogP contribution in [0.15, 0.2) is 36.4 Å². The molecule has 0 aliphatic rings. The number of aryl methyl sites for hydroxylation is 2. The van der Waals surface area contributed by atoms with E-state index >= 15 is 0 Å². The Kier molecular flexibility index (Phi) is 3.42. The van der Waals surface area contributed by atoms with Crippen molar-refractivity contribution in [2.75, 3.05) is 0 Å². The van der Waals surface area contributed by atoms with E-state index in [1.165, 1.54) is 16.7 Å². The fraction of sp³-hybridized carbons (Fsp3) is 0.294. The summed E-state index contributed by atoms with van der Waals surface area (Å²) >= 11 is 0. The molecule has 0 radical (unpaired) electrons. The van der Waals surface area contributed by atoms with Crippen LogP contribution in [-0.4, -0.2) is 5.11 Å². The monoisotopic (exact) mass is 240 g/mol. The molecule has 1 nitrogen and oxygen atoms in total. The van der Waals surface area contributed by atoms with Gasteiger partial charge >= 0.3 is 0 Å². The molecule has 2 aromatic rings. The summed E-state index contributed by atoms with van der Waals surface area (Å²) in [4.78, 5) is 0. The Bertz CT molecular complexity index is 568. The topological polar surface area (TPSA) is 20.2 Å². The molecule has 2 aromatic carbocycles. The zero-order valence-electron chi connectivity index (χ0n) is 11.5. The van der Waals surface area contributed by atoms with Crippen LogP contribution in [0.5, 0.6) is 5.75 Å². The Hall–Kier alpha value is -1.76. The molecule has 0 amide bonds. The summed E-state index contributed by atoms with van der Waals surface area (Å²) < 4.78 is 0. The minimum absolute atomic E-state index is 0.328. The molecule has 0 aliphatic heterocycles.